The zero-order valence-electron chi connectivity index (χ0n) is 13.1. The van der Waals surface area contributed by atoms with Crippen LogP contribution in [0.5, 0.6) is 0 Å². The van der Waals surface area contributed by atoms with Gasteiger partial charge in [0.2, 0.25) is 0 Å². The third-order valence-electron chi connectivity index (χ3n) is 3.44. The maximum Gasteiger partial charge on any atom is 0.316 e. The molecule has 0 aliphatic carbocycles. The fourth-order valence-corrected chi connectivity index (χ4v) is 2.78. The summed E-state index contributed by atoms with van der Waals surface area (Å²) in [6.45, 7) is 7.31. The second kappa shape index (κ2) is 6.44. The number of hydrogen-bond donors (Lipinski definition) is 2. The summed E-state index contributed by atoms with van der Waals surface area (Å²) < 4.78 is 13.6. The number of nitrogens with zero attached hydrogens (tertiary/aromatic N) is 1. The molecule has 4 nitrogen and oxygen atoms in total. The van der Waals surface area contributed by atoms with Gasteiger partial charge in [-0.15, -0.1) is 11.3 Å². The number of thiazole rings is 1. The topological polar surface area (TPSA) is 54.0 Å². The Morgan fingerprint density at radius 1 is 1.41 bits per heavy atom. The Balaban J connectivity index is 2.01. The van der Waals surface area contributed by atoms with Crippen LogP contribution < -0.4 is 10.6 Å². The van der Waals surface area contributed by atoms with E-state index in [2.05, 4.69) is 15.6 Å². The number of nitrogens with one attached hydrogen (secondary N) is 2. The second-order valence-corrected chi connectivity index (χ2v) is 6.69. The van der Waals surface area contributed by atoms with Crippen LogP contribution in [0.2, 0.25) is 0 Å². The predicted octanol–water partition coefficient (Wildman–Crippen LogP) is 3.89. The largest absolute Gasteiger partial charge is 0.332 e. The van der Waals surface area contributed by atoms with Crippen molar-refractivity contribution in [3.8, 4) is 0 Å². The summed E-state index contributed by atoms with van der Waals surface area (Å²) >= 11 is 1.49. The van der Waals surface area contributed by atoms with Crippen LogP contribution in [-0.2, 0) is 5.54 Å². The van der Waals surface area contributed by atoms with Crippen LogP contribution in [0.4, 0.5) is 9.18 Å². The molecule has 0 bridgehead atoms. The maximum atomic E-state index is 13.6. The molecule has 2 N–H and O–H groups in total. The van der Waals surface area contributed by atoms with E-state index >= 15 is 0 Å². The van der Waals surface area contributed by atoms with Gasteiger partial charge in [0.25, 0.3) is 0 Å². The lowest BCUT2D eigenvalue weighted by atomic mass is 10.1. The summed E-state index contributed by atoms with van der Waals surface area (Å²) in [5.74, 6) is -0.269. The van der Waals surface area contributed by atoms with Gasteiger partial charge in [-0.2, -0.15) is 0 Å². The Hall–Kier alpha value is -1.95. The van der Waals surface area contributed by atoms with Crippen molar-refractivity contribution in [3.63, 3.8) is 0 Å². The third kappa shape index (κ3) is 3.82. The van der Waals surface area contributed by atoms with Gasteiger partial charge in [-0.1, -0.05) is 12.1 Å². The molecule has 0 spiro atoms. The molecular weight excluding hydrogens is 301 g/mol. The molecule has 0 saturated carbocycles. The summed E-state index contributed by atoms with van der Waals surface area (Å²) in [5, 5.41) is 8.41. The van der Waals surface area contributed by atoms with Gasteiger partial charge < -0.3 is 10.6 Å². The zero-order valence-corrected chi connectivity index (χ0v) is 13.9. The SMILES string of the molecule is Cc1ccc(C(C)NC(=O)NC(C)(C)c2nccs2)cc1F. The zero-order chi connectivity index (χ0) is 16.3. The highest BCUT2D eigenvalue weighted by atomic mass is 32.1. The van der Waals surface area contributed by atoms with Gasteiger partial charge in [-0.3, -0.25) is 0 Å². The van der Waals surface area contributed by atoms with Crippen LogP contribution in [0.3, 0.4) is 0 Å². The third-order valence-corrected chi connectivity index (χ3v) is 4.53. The number of carbonyl (C=O) groups is 1. The molecule has 2 rings (SSSR count). The molecule has 2 amide bonds. The van der Waals surface area contributed by atoms with Crippen LogP contribution in [0, 0.1) is 12.7 Å². The molecule has 0 fully saturated rings. The van der Waals surface area contributed by atoms with Crippen molar-refractivity contribution in [2.75, 3.05) is 0 Å². The maximum absolute atomic E-state index is 13.6. The van der Waals surface area contributed by atoms with E-state index in [4.69, 9.17) is 0 Å². The van der Waals surface area contributed by atoms with Crippen molar-refractivity contribution in [1.29, 1.82) is 0 Å². The van der Waals surface area contributed by atoms with Crippen molar-refractivity contribution in [1.82, 2.24) is 15.6 Å². The van der Waals surface area contributed by atoms with Gasteiger partial charge in [0.05, 0.1) is 11.6 Å². The van der Waals surface area contributed by atoms with E-state index in [1.807, 2.05) is 32.2 Å². The van der Waals surface area contributed by atoms with Crippen LogP contribution in [-0.4, -0.2) is 11.0 Å². The Kier molecular flexibility index (Phi) is 4.81. The number of aryl methyl sites for hydroxylation is 1. The number of amides is 2. The number of carbonyl (C=O) groups excluding carboxylic acids is 1. The van der Waals surface area contributed by atoms with Crippen LogP contribution >= 0.6 is 11.3 Å². The Labute approximate surface area is 133 Å². The van der Waals surface area contributed by atoms with E-state index in [1.165, 1.54) is 17.4 Å². The van der Waals surface area contributed by atoms with E-state index in [1.54, 1.807) is 19.2 Å². The first-order valence-corrected chi connectivity index (χ1v) is 7.92. The Bertz CT molecular complexity index is 655. The van der Waals surface area contributed by atoms with Crippen LogP contribution in [0.25, 0.3) is 0 Å². The molecule has 0 saturated heterocycles. The van der Waals surface area contributed by atoms with Gasteiger partial charge in [-0.25, -0.2) is 14.2 Å². The minimum Gasteiger partial charge on any atom is -0.332 e. The van der Waals surface area contributed by atoms with Crippen LogP contribution in [0.1, 0.15) is 42.9 Å². The normalized spacial score (nSPS) is 12.8. The average Bonchev–Trinajstić information content (AvgIpc) is 2.95. The van der Waals surface area contributed by atoms with Gasteiger partial charge in [0.15, 0.2) is 0 Å². The molecule has 1 unspecified atom stereocenters. The van der Waals surface area contributed by atoms with Crippen molar-refractivity contribution >= 4 is 17.4 Å². The Morgan fingerprint density at radius 3 is 2.73 bits per heavy atom. The van der Waals surface area contributed by atoms with E-state index in [0.717, 1.165) is 10.6 Å². The summed E-state index contributed by atoms with van der Waals surface area (Å²) in [5.41, 5.74) is 0.756. The van der Waals surface area contributed by atoms with Crippen molar-refractivity contribution in [3.05, 3.63) is 51.7 Å². The smallest absolute Gasteiger partial charge is 0.316 e. The van der Waals surface area contributed by atoms with Gasteiger partial charge >= 0.3 is 6.03 Å². The summed E-state index contributed by atoms with van der Waals surface area (Å²) in [6, 6.07) is 4.37. The van der Waals surface area contributed by atoms with Gasteiger partial charge in [0.1, 0.15) is 10.8 Å². The standard InChI is InChI=1S/C16H20FN3OS/c1-10-5-6-12(9-13(10)17)11(2)19-15(21)20-16(3,4)14-18-7-8-22-14/h5-9,11H,1-4H3,(H2,19,20,21). The van der Waals surface area contributed by atoms with Gasteiger partial charge in [-0.05, 0) is 44.9 Å². The molecule has 1 aromatic heterocycles. The molecule has 2 aromatic rings. The first kappa shape index (κ1) is 16.4. The number of urea groups is 1. The Morgan fingerprint density at radius 2 is 2.14 bits per heavy atom. The predicted molar refractivity (Wildman–Crippen MR) is 86.4 cm³/mol. The monoisotopic (exact) mass is 321 g/mol. The van der Waals surface area contributed by atoms with E-state index < -0.39 is 5.54 Å². The lowest BCUT2D eigenvalue weighted by Crippen LogP contribution is -2.47. The van der Waals surface area contributed by atoms with E-state index in [-0.39, 0.29) is 17.9 Å². The molecule has 0 aliphatic heterocycles. The van der Waals surface area contributed by atoms with E-state index in [9.17, 15) is 9.18 Å². The van der Waals surface area contributed by atoms with E-state index in [0.29, 0.717) is 5.56 Å². The first-order valence-electron chi connectivity index (χ1n) is 7.04. The van der Waals surface area contributed by atoms with Gasteiger partial charge in [0, 0.05) is 11.6 Å². The lowest BCUT2D eigenvalue weighted by Gasteiger charge is -2.25. The molecule has 1 aromatic carbocycles. The average molecular weight is 321 g/mol. The quantitative estimate of drug-likeness (QED) is 0.897. The molecule has 0 radical (unpaired) electrons. The summed E-state index contributed by atoms with van der Waals surface area (Å²) in [7, 11) is 0. The van der Waals surface area contributed by atoms with Crippen molar-refractivity contribution < 1.29 is 9.18 Å². The molecular formula is C16H20FN3OS. The highest BCUT2D eigenvalue weighted by molar-refractivity contribution is 7.09. The van der Waals surface area contributed by atoms with Crippen molar-refractivity contribution in [2.24, 2.45) is 0 Å². The highest BCUT2D eigenvalue weighted by Crippen LogP contribution is 2.22. The second-order valence-electron chi connectivity index (χ2n) is 5.79. The lowest BCUT2D eigenvalue weighted by molar-refractivity contribution is 0.227. The molecule has 1 atom stereocenters. The molecule has 0 aliphatic rings. The number of benzene rings is 1. The molecule has 118 valence electrons. The molecule has 6 heteroatoms. The number of hydrogen-bond acceptors (Lipinski definition) is 3. The fourth-order valence-electron chi connectivity index (χ4n) is 2.06. The molecule has 22 heavy (non-hydrogen) atoms. The summed E-state index contributed by atoms with van der Waals surface area (Å²) in [4.78, 5) is 16.4. The molecule has 1 heterocycles. The number of rotatable bonds is 4. The fraction of sp³-hybridized carbons (Fsp3) is 0.375. The summed E-state index contributed by atoms with van der Waals surface area (Å²) in [6.07, 6.45) is 1.71. The van der Waals surface area contributed by atoms with Crippen LogP contribution in [0.15, 0.2) is 29.8 Å². The highest BCUT2D eigenvalue weighted by Gasteiger charge is 2.26. The minimum absolute atomic E-state index is 0.269. The number of aromatic nitrogens is 1. The minimum atomic E-state index is -0.559. The number of halogens is 1. The van der Waals surface area contributed by atoms with Crippen molar-refractivity contribution in [2.45, 2.75) is 39.3 Å². The first-order chi connectivity index (χ1) is 10.3.